The summed E-state index contributed by atoms with van der Waals surface area (Å²) in [4.78, 5) is 35.6. The summed E-state index contributed by atoms with van der Waals surface area (Å²) < 4.78 is 5.04. The van der Waals surface area contributed by atoms with E-state index in [4.69, 9.17) is 9.25 Å². The van der Waals surface area contributed by atoms with Gasteiger partial charge in [0, 0.05) is 6.07 Å². The first-order valence-corrected chi connectivity index (χ1v) is 7.47. The van der Waals surface area contributed by atoms with E-state index in [0.717, 1.165) is 37.8 Å². The second kappa shape index (κ2) is 6.13. The molecule has 0 amide bonds. The smallest absolute Gasteiger partial charge is 0.337 e. The zero-order valence-electron chi connectivity index (χ0n) is 12.3. The number of nitrogens with one attached hydrogen (secondary N) is 1. The van der Waals surface area contributed by atoms with Crippen molar-refractivity contribution in [1.29, 1.82) is 0 Å². The summed E-state index contributed by atoms with van der Waals surface area (Å²) in [6.45, 7) is 2.04. The topological polar surface area (TPSA) is 97.5 Å². The van der Waals surface area contributed by atoms with Crippen molar-refractivity contribution in [2.45, 2.75) is 45.4 Å². The van der Waals surface area contributed by atoms with Gasteiger partial charge in [0.1, 0.15) is 5.39 Å². The Bertz CT molecular complexity index is 829. The predicted molar refractivity (Wildman–Crippen MR) is 81.4 cm³/mol. The minimum absolute atomic E-state index is 0.00818. The molecule has 1 saturated carbocycles. The Kier molecular flexibility index (Phi) is 4.04. The van der Waals surface area contributed by atoms with E-state index in [1.165, 1.54) is 6.07 Å². The van der Waals surface area contributed by atoms with Crippen LogP contribution in [0.1, 0.15) is 44.6 Å². The van der Waals surface area contributed by atoms with Crippen LogP contribution < -0.4 is 16.0 Å². The van der Waals surface area contributed by atoms with Crippen molar-refractivity contribution in [3.8, 4) is 6.01 Å². The average Bonchev–Trinajstić information content (AvgIpc) is 2.42. The molecule has 7 heteroatoms. The summed E-state index contributed by atoms with van der Waals surface area (Å²) >= 11 is 0. The second-order valence-electron chi connectivity index (χ2n) is 5.35. The summed E-state index contributed by atoms with van der Waals surface area (Å²) in [5, 5.41) is 4.21. The molecule has 0 spiro atoms. The van der Waals surface area contributed by atoms with Crippen LogP contribution in [0, 0.1) is 0 Å². The van der Waals surface area contributed by atoms with Crippen LogP contribution in [0.3, 0.4) is 0 Å². The predicted octanol–water partition coefficient (Wildman–Crippen LogP) is 2.14. The first-order valence-electron chi connectivity index (χ1n) is 7.47. The zero-order chi connectivity index (χ0) is 15.5. The highest BCUT2D eigenvalue weighted by atomic mass is 16.6. The summed E-state index contributed by atoms with van der Waals surface area (Å²) in [7, 11) is 0. The third-order valence-electron chi connectivity index (χ3n) is 3.67. The van der Waals surface area contributed by atoms with Crippen LogP contribution in [0.2, 0.25) is 0 Å². The lowest BCUT2D eigenvalue weighted by Gasteiger charge is -2.12. The second-order valence-corrected chi connectivity index (χ2v) is 5.35. The van der Waals surface area contributed by atoms with Crippen molar-refractivity contribution in [2.75, 3.05) is 0 Å². The molecule has 1 fully saturated rings. The maximum absolute atomic E-state index is 12.2. The molecule has 1 N–H and O–H groups in total. The van der Waals surface area contributed by atoms with E-state index in [-0.39, 0.29) is 17.3 Å². The number of rotatable bonds is 5. The van der Waals surface area contributed by atoms with Gasteiger partial charge < -0.3 is 9.25 Å². The molecule has 0 atom stereocenters. The fraction of sp³-hybridized carbons (Fsp3) is 0.467. The third kappa shape index (κ3) is 2.93. The lowest BCUT2D eigenvalue weighted by Crippen LogP contribution is -2.16. The normalized spacial score (nSPS) is 14.0. The molecule has 0 aliphatic heterocycles. The molecular formula is C15H17N3O4. The van der Waals surface area contributed by atoms with Gasteiger partial charge in [-0.15, -0.1) is 0 Å². The molecule has 0 aromatic carbocycles. The third-order valence-corrected chi connectivity index (χ3v) is 3.67. The summed E-state index contributed by atoms with van der Waals surface area (Å²) in [5.41, 5.74) is 0.669. The SMILES string of the molecule is CCCCc1cc(=O)oc2nc(ON=C3CCC3)[nH]c(=O)c12. The van der Waals surface area contributed by atoms with Crippen LogP contribution in [-0.4, -0.2) is 15.7 Å². The Labute approximate surface area is 126 Å². The number of H-pyrrole nitrogens is 1. The number of aryl methyl sites for hydroxylation is 1. The number of unbranched alkanes of at least 4 members (excludes halogenated alkanes) is 1. The molecule has 3 rings (SSSR count). The standard InChI is InChI=1S/C15H17N3O4/c1-2-3-5-9-8-11(19)21-14-12(9)13(20)16-15(17-14)22-18-10-6-4-7-10/h8H,2-7H2,1H3,(H,16,17,20). The molecular weight excluding hydrogens is 286 g/mol. The van der Waals surface area contributed by atoms with E-state index in [1.807, 2.05) is 6.92 Å². The van der Waals surface area contributed by atoms with Crippen molar-refractivity contribution < 1.29 is 9.25 Å². The van der Waals surface area contributed by atoms with Gasteiger partial charge in [0.25, 0.3) is 5.56 Å². The van der Waals surface area contributed by atoms with E-state index >= 15 is 0 Å². The van der Waals surface area contributed by atoms with Crippen molar-refractivity contribution in [3.63, 3.8) is 0 Å². The van der Waals surface area contributed by atoms with Gasteiger partial charge in [0.15, 0.2) is 0 Å². The Hall–Kier alpha value is -2.44. The Morgan fingerprint density at radius 1 is 1.41 bits per heavy atom. The van der Waals surface area contributed by atoms with Crippen LogP contribution in [0.5, 0.6) is 6.01 Å². The van der Waals surface area contributed by atoms with Crippen LogP contribution in [0.15, 0.2) is 25.2 Å². The average molecular weight is 303 g/mol. The molecule has 0 saturated heterocycles. The molecule has 2 heterocycles. The number of hydrogen-bond donors (Lipinski definition) is 1. The number of oxime groups is 1. The lowest BCUT2D eigenvalue weighted by atomic mass is 9.98. The minimum Gasteiger partial charge on any atom is -0.403 e. The fourth-order valence-electron chi connectivity index (χ4n) is 2.27. The number of aromatic nitrogens is 2. The first-order chi connectivity index (χ1) is 10.7. The molecule has 1 aliphatic rings. The molecule has 7 nitrogen and oxygen atoms in total. The lowest BCUT2D eigenvalue weighted by molar-refractivity contribution is 0.306. The molecule has 116 valence electrons. The van der Waals surface area contributed by atoms with Gasteiger partial charge >= 0.3 is 11.6 Å². The summed E-state index contributed by atoms with van der Waals surface area (Å²) in [5.74, 6) is 0. The van der Waals surface area contributed by atoms with E-state index in [9.17, 15) is 9.59 Å². The number of nitrogens with zero attached hydrogens (tertiary/aromatic N) is 2. The van der Waals surface area contributed by atoms with Crippen molar-refractivity contribution in [2.24, 2.45) is 5.16 Å². The van der Waals surface area contributed by atoms with E-state index in [2.05, 4.69) is 15.1 Å². The Balaban J connectivity index is 2.02. The Morgan fingerprint density at radius 2 is 2.23 bits per heavy atom. The first kappa shape index (κ1) is 14.5. The monoisotopic (exact) mass is 303 g/mol. The van der Waals surface area contributed by atoms with E-state index in [0.29, 0.717) is 17.4 Å². The van der Waals surface area contributed by atoms with Gasteiger partial charge in [0.05, 0.1) is 5.71 Å². The van der Waals surface area contributed by atoms with Gasteiger partial charge in [-0.25, -0.2) is 4.79 Å². The van der Waals surface area contributed by atoms with Crippen LogP contribution in [-0.2, 0) is 6.42 Å². The van der Waals surface area contributed by atoms with Gasteiger partial charge in [-0.1, -0.05) is 18.5 Å². The molecule has 2 aromatic rings. The maximum atomic E-state index is 12.2. The molecule has 2 aromatic heterocycles. The quantitative estimate of drug-likeness (QED) is 0.853. The number of fused-ring (bicyclic) bond motifs is 1. The number of aromatic amines is 1. The van der Waals surface area contributed by atoms with Crippen molar-refractivity contribution in [3.05, 3.63) is 32.4 Å². The Morgan fingerprint density at radius 3 is 2.91 bits per heavy atom. The fourth-order valence-corrected chi connectivity index (χ4v) is 2.27. The zero-order valence-corrected chi connectivity index (χ0v) is 12.3. The molecule has 22 heavy (non-hydrogen) atoms. The largest absolute Gasteiger partial charge is 0.403 e. The van der Waals surface area contributed by atoms with Crippen molar-refractivity contribution in [1.82, 2.24) is 9.97 Å². The van der Waals surface area contributed by atoms with Gasteiger partial charge in [-0.05, 0) is 37.7 Å². The molecule has 0 radical (unpaired) electrons. The number of hydrogen-bond acceptors (Lipinski definition) is 6. The highest BCUT2D eigenvalue weighted by Gasteiger charge is 2.14. The van der Waals surface area contributed by atoms with Gasteiger partial charge in [-0.3, -0.25) is 9.78 Å². The van der Waals surface area contributed by atoms with Gasteiger partial charge in [0.2, 0.25) is 5.71 Å². The van der Waals surface area contributed by atoms with E-state index < -0.39 is 5.63 Å². The van der Waals surface area contributed by atoms with Crippen LogP contribution in [0.4, 0.5) is 0 Å². The molecule has 1 aliphatic carbocycles. The summed E-state index contributed by atoms with van der Waals surface area (Å²) in [6, 6.07) is 1.29. The maximum Gasteiger partial charge on any atom is 0.337 e. The molecule has 0 bridgehead atoms. The van der Waals surface area contributed by atoms with Crippen LogP contribution in [0.25, 0.3) is 11.1 Å². The van der Waals surface area contributed by atoms with Crippen LogP contribution >= 0.6 is 0 Å². The minimum atomic E-state index is -0.520. The van der Waals surface area contributed by atoms with Gasteiger partial charge in [-0.2, -0.15) is 4.98 Å². The molecule has 0 unspecified atom stereocenters. The highest BCUT2D eigenvalue weighted by Crippen LogP contribution is 2.17. The van der Waals surface area contributed by atoms with Crippen molar-refractivity contribution >= 4 is 16.8 Å². The van der Waals surface area contributed by atoms with E-state index in [1.54, 1.807) is 0 Å². The highest BCUT2D eigenvalue weighted by molar-refractivity contribution is 5.88. The summed E-state index contributed by atoms with van der Waals surface area (Å²) in [6.07, 6.45) is 5.36.